The number of rotatable bonds is 3. The van der Waals surface area contributed by atoms with Crippen LogP contribution in [-0.4, -0.2) is 22.4 Å². The van der Waals surface area contributed by atoms with Gasteiger partial charge in [0.1, 0.15) is 5.75 Å². The summed E-state index contributed by atoms with van der Waals surface area (Å²) in [7, 11) is 0. The molecule has 0 amide bonds. The minimum atomic E-state index is -0.127. The van der Waals surface area contributed by atoms with Crippen molar-refractivity contribution >= 4 is 0 Å². The second-order valence-corrected chi connectivity index (χ2v) is 9.49. The van der Waals surface area contributed by atoms with Crippen LogP contribution < -0.4 is 0 Å². The van der Waals surface area contributed by atoms with Crippen LogP contribution in [0.4, 0.5) is 0 Å². The van der Waals surface area contributed by atoms with Gasteiger partial charge in [-0.3, -0.25) is 0 Å². The molecule has 0 saturated heterocycles. The van der Waals surface area contributed by atoms with Gasteiger partial charge in [0, 0.05) is 0 Å². The van der Waals surface area contributed by atoms with Gasteiger partial charge in [-0.2, -0.15) is 0 Å². The summed E-state index contributed by atoms with van der Waals surface area (Å²) >= 11 is 0. The quantitative estimate of drug-likeness (QED) is 0.791. The molecule has 0 spiro atoms. The molecule has 3 aliphatic carbocycles. The molecule has 2 saturated carbocycles. The van der Waals surface area contributed by atoms with E-state index < -0.39 is 0 Å². The van der Waals surface area contributed by atoms with Gasteiger partial charge in [-0.05, 0) is 111 Å². The fourth-order valence-electron chi connectivity index (χ4n) is 6.54. The maximum absolute atomic E-state index is 10.6. The lowest BCUT2D eigenvalue weighted by atomic mass is 9.55. The Bertz CT molecular complexity index is 682. The predicted octanol–water partition coefficient (Wildman–Crippen LogP) is 5.10. The highest BCUT2D eigenvalue weighted by Gasteiger charge is 2.54. The smallest absolute Gasteiger partial charge is 0.116 e. The van der Waals surface area contributed by atoms with Gasteiger partial charge in [0.15, 0.2) is 0 Å². The SMILES string of the molecule is CC(C)OC(C)c1cc(O)cc2c1[C@H]1CC[C@]3(C)[C@@H](O)CC[C@H]3[C@@H]1CC2. The second kappa shape index (κ2) is 6.53. The van der Waals surface area contributed by atoms with Crippen molar-refractivity contribution in [1.82, 2.24) is 0 Å². The molecule has 2 fully saturated rings. The summed E-state index contributed by atoms with van der Waals surface area (Å²) in [5, 5.41) is 20.9. The van der Waals surface area contributed by atoms with Crippen molar-refractivity contribution in [3.63, 3.8) is 0 Å². The minimum absolute atomic E-state index is 0.00271. The molecule has 1 aromatic carbocycles. The molecule has 0 bridgehead atoms. The van der Waals surface area contributed by atoms with Gasteiger partial charge in [0.2, 0.25) is 0 Å². The fourth-order valence-corrected chi connectivity index (χ4v) is 6.54. The van der Waals surface area contributed by atoms with E-state index in [1.807, 2.05) is 12.1 Å². The summed E-state index contributed by atoms with van der Waals surface area (Å²) in [6.45, 7) is 8.58. The number of aromatic hydroxyl groups is 1. The van der Waals surface area contributed by atoms with Crippen LogP contribution in [0.25, 0.3) is 0 Å². The van der Waals surface area contributed by atoms with Gasteiger partial charge in [0.05, 0.1) is 18.3 Å². The number of ether oxygens (including phenoxy) is 1. The summed E-state index contributed by atoms with van der Waals surface area (Å²) in [5.74, 6) is 2.21. The Labute approximate surface area is 157 Å². The summed E-state index contributed by atoms with van der Waals surface area (Å²) in [6.07, 6.45) is 6.65. The molecule has 1 aromatic rings. The van der Waals surface area contributed by atoms with E-state index in [4.69, 9.17) is 4.74 Å². The first-order valence-electron chi connectivity index (χ1n) is 10.5. The lowest BCUT2D eigenvalue weighted by Gasteiger charge is -2.50. The van der Waals surface area contributed by atoms with Crippen LogP contribution in [0.15, 0.2) is 12.1 Å². The van der Waals surface area contributed by atoms with Crippen molar-refractivity contribution < 1.29 is 14.9 Å². The van der Waals surface area contributed by atoms with E-state index >= 15 is 0 Å². The number of hydrogen-bond acceptors (Lipinski definition) is 3. The molecule has 6 atom stereocenters. The number of benzene rings is 1. The molecule has 26 heavy (non-hydrogen) atoms. The third kappa shape index (κ3) is 2.79. The fraction of sp³-hybridized carbons (Fsp3) is 0.739. The van der Waals surface area contributed by atoms with E-state index in [2.05, 4.69) is 27.7 Å². The van der Waals surface area contributed by atoms with Crippen LogP contribution in [0, 0.1) is 17.3 Å². The highest BCUT2D eigenvalue weighted by atomic mass is 16.5. The third-order valence-corrected chi connectivity index (χ3v) is 7.70. The highest BCUT2D eigenvalue weighted by Crippen LogP contribution is 2.61. The van der Waals surface area contributed by atoms with Crippen LogP contribution in [0.3, 0.4) is 0 Å². The summed E-state index contributed by atoms with van der Waals surface area (Å²) in [6, 6.07) is 3.92. The van der Waals surface area contributed by atoms with Crippen molar-refractivity contribution in [3.8, 4) is 5.75 Å². The van der Waals surface area contributed by atoms with Crippen LogP contribution >= 0.6 is 0 Å². The molecule has 0 heterocycles. The Morgan fingerprint density at radius 2 is 1.88 bits per heavy atom. The van der Waals surface area contributed by atoms with Crippen LogP contribution in [0.1, 0.15) is 88.5 Å². The van der Waals surface area contributed by atoms with Crippen LogP contribution in [-0.2, 0) is 11.2 Å². The molecule has 144 valence electrons. The van der Waals surface area contributed by atoms with Gasteiger partial charge in [-0.1, -0.05) is 6.92 Å². The summed E-state index contributed by atoms with van der Waals surface area (Å²) in [5.41, 5.74) is 4.07. The number of hydrogen-bond donors (Lipinski definition) is 2. The first-order chi connectivity index (χ1) is 12.3. The van der Waals surface area contributed by atoms with E-state index in [9.17, 15) is 10.2 Å². The van der Waals surface area contributed by atoms with Gasteiger partial charge in [-0.25, -0.2) is 0 Å². The van der Waals surface area contributed by atoms with Gasteiger partial charge in [0.25, 0.3) is 0 Å². The lowest BCUT2D eigenvalue weighted by molar-refractivity contribution is -0.0240. The molecule has 2 N–H and O–H groups in total. The molecule has 3 aliphatic rings. The molecule has 3 heteroatoms. The number of phenolic OH excluding ortho intramolecular Hbond substituents is 1. The monoisotopic (exact) mass is 358 g/mol. The van der Waals surface area contributed by atoms with Crippen molar-refractivity contribution in [2.75, 3.05) is 0 Å². The Hall–Kier alpha value is -1.06. The number of aryl methyl sites for hydroxylation is 1. The largest absolute Gasteiger partial charge is 0.508 e. The first-order valence-corrected chi connectivity index (χ1v) is 10.5. The molecule has 0 aliphatic heterocycles. The second-order valence-electron chi connectivity index (χ2n) is 9.49. The van der Waals surface area contributed by atoms with Crippen molar-refractivity contribution in [2.24, 2.45) is 17.3 Å². The topological polar surface area (TPSA) is 49.7 Å². The Kier molecular flexibility index (Phi) is 4.60. The predicted molar refractivity (Wildman–Crippen MR) is 103 cm³/mol. The van der Waals surface area contributed by atoms with E-state index in [0.717, 1.165) is 25.7 Å². The lowest BCUT2D eigenvalue weighted by Crippen LogP contribution is -2.44. The normalized spacial score (nSPS) is 37.2. The molecule has 3 nitrogen and oxygen atoms in total. The zero-order chi connectivity index (χ0) is 18.6. The molecular weight excluding hydrogens is 324 g/mol. The molecule has 4 rings (SSSR count). The number of fused-ring (bicyclic) bond motifs is 5. The van der Waals surface area contributed by atoms with Crippen molar-refractivity contribution in [2.45, 2.75) is 90.4 Å². The van der Waals surface area contributed by atoms with E-state index in [0.29, 0.717) is 23.5 Å². The molecule has 0 radical (unpaired) electrons. The maximum atomic E-state index is 10.6. The molecule has 0 aromatic heterocycles. The zero-order valence-electron chi connectivity index (χ0n) is 16.7. The van der Waals surface area contributed by atoms with Gasteiger partial charge < -0.3 is 14.9 Å². The molecule has 1 unspecified atom stereocenters. The Morgan fingerprint density at radius 1 is 1.12 bits per heavy atom. The van der Waals surface area contributed by atoms with E-state index in [1.54, 1.807) is 0 Å². The van der Waals surface area contributed by atoms with E-state index in [-0.39, 0.29) is 23.7 Å². The van der Waals surface area contributed by atoms with Crippen LogP contribution in [0.2, 0.25) is 0 Å². The van der Waals surface area contributed by atoms with Crippen molar-refractivity contribution in [1.29, 1.82) is 0 Å². The average molecular weight is 359 g/mol. The van der Waals surface area contributed by atoms with Gasteiger partial charge >= 0.3 is 0 Å². The first kappa shape index (κ1) is 18.3. The summed E-state index contributed by atoms with van der Waals surface area (Å²) in [4.78, 5) is 0. The standard InChI is InChI=1S/C23H34O3/c1-13(2)26-14(3)19-12-16(24)11-15-5-6-17-18(22(15)19)9-10-23(4)20(17)7-8-21(23)25/h11-14,17-18,20-21,24-25H,5-10H2,1-4H3/t14?,17-,18+,20+,21+,23+/m1/s1. The number of aliphatic hydroxyl groups excluding tert-OH is 1. The highest BCUT2D eigenvalue weighted by molar-refractivity contribution is 5.47. The van der Waals surface area contributed by atoms with E-state index in [1.165, 1.54) is 29.5 Å². The zero-order valence-corrected chi connectivity index (χ0v) is 16.7. The minimum Gasteiger partial charge on any atom is -0.508 e. The third-order valence-electron chi connectivity index (χ3n) is 7.70. The average Bonchev–Trinajstić information content (AvgIpc) is 2.88. The van der Waals surface area contributed by atoms with Gasteiger partial charge in [-0.15, -0.1) is 0 Å². The molecular formula is C23H34O3. The number of phenols is 1. The Balaban J connectivity index is 1.73. The maximum Gasteiger partial charge on any atom is 0.116 e. The van der Waals surface area contributed by atoms with Crippen molar-refractivity contribution in [3.05, 3.63) is 28.8 Å². The van der Waals surface area contributed by atoms with Crippen LogP contribution in [0.5, 0.6) is 5.75 Å². The Morgan fingerprint density at radius 3 is 2.62 bits per heavy atom. The summed E-state index contributed by atoms with van der Waals surface area (Å²) < 4.78 is 6.11. The number of aliphatic hydroxyl groups is 1.